The minimum Gasteiger partial charge on any atom is -0.478 e. The van der Waals surface area contributed by atoms with Crippen molar-refractivity contribution in [3.05, 3.63) is 23.3 Å². The molecule has 0 aliphatic rings. The summed E-state index contributed by atoms with van der Waals surface area (Å²) in [6.45, 7) is 3.41. The highest BCUT2D eigenvalue weighted by molar-refractivity contribution is 7.99. The number of nitrogens with zero attached hydrogens (tertiary/aromatic N) is 4. The number of hydrogen-bond donors (Lipinski definition) is 2. The number of aromatic nitrogens is 5. The molecule has 2 N–H and O–H groups in total. The number of carboxylic acids is 1. The molecule has 0 aromatic carbocycles. The number of nitrogens with one attached hydrogen (secondary N) is 1. The number of aryl methyl sites for hydroxylation is 2. The molecule has 8 heteroatoms. The highest BCUT2D eigenvalue weighted by Gasteiger charge is 2.11. The Hall–Kier alpha value is -1.96. The summed E-state index contributed by atoms with van der Waals surface area (Å²) in [6.07, 6.45) is 1.28. The topological polar surface area (TPSA) is 105 Å². The van der Waals surface area contributed by atoms with Crippen LogP contribution < -0.4 is 0 Å². The minimum absolute atomic E-state index is 0.0977. The van der Waals surface area contributed by atoms with Crippen molar-refractivity contribution in [2.75, 3.05) is 0 Å². The van der Waals surface area contributed by atoms with E-state index in [1.807, 2.05) is 0 Å². The molecule has 0 unspecified atom stereocenters. The summed E-state index contributed by atoms with van der Waals surface area (Å²) in [4.78, 5) is 22.9. The summed E-state index contributed by atoms with van der Waals surface area (Å²) in [5.41, 5.74) is 0.516. The molecule has 0 radical (unpaired) electrons. The smallest absolute Gasteiger partial charge is 0.339 e. The molecule has 2 aromatic heterocycles. The average molecular weight is 251 g/mol. The van der Waals surface area contributed by atoms with Crippen LogP contribution in [0.1, 0.15) is 21.9 Å². The first-order valence-electron chi connectivity index (χ1n) is 4.70. The molecule has 0 amide bonds. The third-order valence-corrected chi connectivity index (χ3v) is 2.69. The van der Waals surface area contributed by atoms with Gasteiger partial charge in [0.2, 0.25) is 5.16 Å². The molecule has 0 spiro atoms. The van der Waals surface area contributed by atoms with Gasteiger partial charge in [0.1, 0.15) is 5.82 Å². The van der Waals surface area contributed by atoms with Crippen molar-refractivity contribution in [3.63, 3.8) is 0 Å². The van der Waals surface area contributed by atoms with Crippen molar-refractivity contribution < 1.29 is 9.90 Å². The highest BCUT2D eigenvalue weighted by atomic mass is 32.2. The standard InChI is InChI=1S/C9H9N5O2S/c1-4-6(7(15)16)3-10-8(11-4)17-9-12-5(2)13-14-9/h3H,1-2H3,(H,15,16)(H,12,13,14). The molecule has 0 bridgehead atoms. The van der Waals surface area contributed by atoms with Crippen LogP contribution in [0.2, 0.25) is 0 Å². The van der Waals surface area contributed by atoms with Gasteiger partial charge in [-0.25, -0.2) is 19.7 Å². The largest absolute Gasteiger partial charge is 0.478 e. The van der Waals surface area contributed by atoms with Gasteiger partial charge < -0.3 is 5.11 Å². The van der Waals surface area contributed by atoms with Crippen molar-refractivity contribution in [2.24, 2.45) is 0 Å². The predicted octanol–water partition coefficient (Wildman–Crippen LogP) is 1.06. The van der Waals surface area contributed by atoms with Gasteiger partial charge in [0.15, 0.2) is 5.16 Å². The van der Waals surface area contributed by atoms with E-state index >= 15 is 0 Å². The van der Waals surface area contributed by atoms with Crippen molar-refractivity contribution in [2.45, 2.75) is 24.2 Å². The molecule has 0 saturated carbocycles. The van der Waals surface area contributed by atoms with E-state index in [-0.39, 0.29) is 5.56 Å². The molecule has 2 rings (SSSR count). The van der Waals surface area contributed by atoms with E-state index in [2.05, 4.69) is 25.1 Å². The van der Waals surface area contributed by atoms with Gasteiger partial charge in [-0.15, -0.1) is 5.10 Å². The van der Waals surface area contributed by atoms with Gasteiger partial charge in [0.05, 0.1) is 11.3 Å². The Morgan fingerprint density at radius 3 is 2.65 bits per heavy atom. The lowest BCUT2D eigenvalue weighted by molar-refractivity contribution is 0.0695. The van der Waals surface area contributed by atoms with E-state index in [9.17, 15) is 4.79 Å². The van der Waals surface area contributed by atoms with Crippen LogP contribution in [0.4, 0.5) is 0 Å². The van der Waals surface area contributed by atoms with E-state index in [0.29, 0.717) is 21.8 Å². The number of aromatic amines is 1. The average Bonchev–Trinajstić information content (AvgIpc) is 2.63. The molecular weight excluding hydrogens is 242 g/mol. The second-order valence-corrected chi connectivity index (χ2v) is 4.20. The maximum atomic E-state index is 10.8. The van der Waals surface area contributed by atoms with Crippen molar-refractivity contribution in [1.82, 2.24) is 25.1 Å². The lowest BCUT2D eigenvalue weighted by Crippen LogP contribution is -2.03. The van der Waals surface area contributed by atoms with E-state index in [1.165, 1.54) is 18.0 Å². The molecule has 0 saturated heterocycles. The van der Waals surface area contributed by atoms with E-state index < -0.39 is 5.97 Å². The number of H-pyrrole nitrogens is 1. The zero-order chi connectivity index (χ0) is 12.4. The summed E-state index contributed by atoms with van der Waals surface area (Å²) in [5, 5.41) is 16.4. The quantitative estimate of drug-likeness (QED) is 0.786. The van der Waals surface area contributed by atoms with E-state index in [0.717, 1.165) is 0 Å². The summed E-state index contributed by atoms with van der Waals surface area (Å²) in [5.74, 6) is -0.334. The second kappa shape index (κ2) is 4.50. The van der Waals surface area contributed by atoms with Crippen LogP contribution in [0, 0.1) is 13.8 Å². The first-order valence-corrected chi connectivity index (χ1v) is 5.51. The molecule has 0 aliphatic heterocycles. The van der Waals surface area contributed by atoms with Crippen LogP contribution >= 0.6 is 11.8 Å². The Kier molecular flexibility index (Phi) is 3.05. The number of aromatic carboxylic acids is 1. The lowest BCUT2D eigenvalue weighted by Gasteiger charge is -2.00. The van der Waals surface area contributed by atoms with Crippen LogP contribution in [0.3, 0.4) is 0 Å². The molecule has 7 nitrogen and oxygen atoms in total. The highest BCUT2D eigenvalue weighted by Crippen LogP contribution is 2.21. The van der Waals surface area contributed by atoms with Crippen molar-refractivity contribution >= 4 is 17.7 Å². The Bertz CT molecular complexity index is 568. The number of hydrogen-bond acceptors (Lipinski definition) is 6. The van der Waals surface area contributed by atoms with Crippen LogP contribution in [0.5, 0.6) is 0 Å². The van der Waals surface area contributed by atoms with Gasteiger partial charge in [-0.3, -0.25) is 5.10 Å². The third kappa shape index (κ3) is 2.59. The van der Waals surface area contributed by atoms with Crippen molar-refractivity contribution in [1.29, 1.82) is 0 Å². The third-order valence-electron chi connectivity index (χ3n) is 1.95. The zero-order valence-corrected chi connectivity index (χ0v) is 9.95. The van der Waals surface area contributed by atoms with Gasteiger partial charge in [-0.05, 0) is 25.6 Å². The van der Waals surface area contributed by atoms with Gasteiger partial charge >= 0.3 is 5.97 Å². The van der Waals surface area contributed by atoms with Crippen LogP contribution in [-0.2, 0) is 0 Å². The summed E-state index contributed by atoms with van der Waals surface area (Å²) in [7, 11) is 0. The summed E-state index contributed by atoms with van der Waals surface area (Å²) >= 11 is 1.17. The maximum Gasteiger partial charge on any atom is 0.339 e. The van der Waals surface area contributed by atoms with Gasteiger partial charge in [0, 0.05) is 6.20 Å². The molecule has 0 fully saturated rings. The first-order chi connectivity index (χ1) is 8.06. The van der Waals surface area contributed by atoms with Crippen LogP contribution in [-0.4, -0.2) is 36.2 Å². The van der Waals surface area contributed by atoms with E-state index in [1.54, 1.807) is 13.8 Å². The number of carboxylic acid groups (broad SMARTS) is 1. The van der Waals surface area contributed by atoms with Gasteiger partial charge in [-0.2, -0.15) is 0 Å². The number of carbonyl (C=O) groups is 1. The molecule has 2 heterocycles. The fourth-order valence-electron chi connectivity index (χ4n) is 1.15. The fourth-order valence-corrected chi connectivity index (χ4v) is 1.88. The summed E-state index contributed by atoms with van der Waals surface area (Å²) in [6, 6.07) is 0. The fraction of sp³-hybridized carbons (Fsp3) is 0.222. The van der Waals surface area contributed by atoms with Gasteiger partial charge in [-0.1, -0.05) is 0 Å². The van der Waals surface area contributed by atoms with Crippen LogP contribution in [0.25, 0.3) is 0 Å². The molecule has 0 aliphatic carbocycles. The van der Waals surface area contributed by atoms with Crippen LogP contribution in [0.15, 0.2) is 16.5 Å². The Morgan fingerprint density at radius 2 is 2.12 bits per heavy atom. The minimum atomic E-state index is -1.03. The molecular formula is C9H9N5O2S. The first kappa shape index (κ1) is 11.5. The van der Waals surface area contributed by atoms with Gasteiger partial charge in [0.25, 0.3) is 0 Å². The summed E-state index contributed by atoms with van der Waals surface area (Å²) < 4.78 is 0. The molecule has 0 atom stereocenters. The monoisotopic (exact) mass is 251 g/mol. The Balaban J connectivity index is 2.23. The Labute approximate surface area is 101 Å². The predicted molar refractivity (Wildman–Crippen MR) is 59.0 cm³/mol. The van der Waals surface area contributed by atoms with Crippen molar-refractivity contribution in [3.8, 4) is 0 Å². The number of rotatable bonds is 3. The second-order valence-electron chi connectivity index (χ2n) is 3.26. The Morgan fingerprint density at radius 1 is 1.35 bits per heavy atom. The zero-order valence-electron chi connectivity index (χ0n) is 9.13. The normalized spacial score (nSPS) is 10.5. The van der Waals surface area contributed by atoms with E-state index in [4.69, 9.17) is 5.11 Å². The molecule has 17 heavy (non-hydrogen) atoms. The maximum absolute atomic E-state index is 10.8. The molecule has 2 aromatic rings. The SMILES string of the molecule is Cc1nc(Sc2ncc(C(=O)O)c(C)n2)n[nH]1. The molecule has 88 valence electrons. The lowest BCUT2D eigenvalue weighted by atomic mass is 10.2.